The Hall–Kier alpha value is -1.48. The van der Waals surface area contributed by atoms with Crippen molar-refractivity contribution in [2.45, 2.75) is 31.8 Å². The van der Waals surface area contributed by atoms with Gasteiger partial charge in [0.1, 0.15) is 12.3 Å². The Kier molecular flexibility index (Phi) is 7.08. The second-order valence-electron chi connectivity index (χ2n) is 5.80. The van der Waals surface area contributed by atoms with Gasteiger partial charge in [0.25, 0.3) is 5.56 Å². The van der Waals surface area contributed by atoms with Crippen LogP contribution in [0.25, 0.3) is 0 Å². The Balaban J connectivity index is 2.25. The Bertz CT molecular complexity index is 1090. The molecule has 17 nitrogen and oxygen atoms in total. The van der Waals surface area contributed by atoms with Gasteiger partial charge in [-0.3, -0.25) is 18.9 Å². The standard InChI is InChI=1S/C10H15N2O15P3/c1-4-3-12(10(16)11-8(4)13)6-2-5(7(24-6)9(14)15)25-29(20,21)27-30(22,23)26-28(17,18)19/h3,5-7H,2H2,1H3,(H,14,15)(H,20,21)(H,22,23)(H,11,13,16)(H2,17,18,19)/t5-,6+,7-/m0/s1. The first-order chi connectivity index (χ1) is 13.5. The number of H-pyrrole nitrogens is 1. The van der Waals surface area contributed by atoms with Crippen LogP contribution in [0.15, 0.2) is 15.8 Å². The molecule has 0 bridgehead atoms. The van der Waals surface area contributed by atoms with Crippen LogP contribution in [0.1, 0.15) is 18.2 Å². The van der Waals surface area contributed by atoms with Crippen molar-refractivity contribution in [3.8, 4) is 0 Å². The number of nitrogens with one attached hydrogen (secondary N) is 1. The number of carbonyl (C=O) groups is 1. The molecule has 1 saturated heterocycles. The van der Waals surface area contributed by atoms with Crippen LogP contribution in [0, 0.1) is 6.92 Å². The van der Waals surface area contributed by atoms with Gasteiger partial charge in [-0.15, -0.1) is 0 Å². The SMILES string of the molecule is Cc1cn([C@H]2C[C@H](OP(=O)(O)OP(=O)(O)OP(=O)(O)O)[C@@H](C(=O)O)O2)c(=O)[nH]c1=O. The van der Waals surface area contributed by atoms with E-state index >= 15 is 0 Å². The summed E-state index contributed by atoms with van der Waals surface area (Å²) in [5, 5.41) is 9.20. The van der Waals surface area contributed by atoms with Crippen LogP contribution >= 0.6 is 23.5 Å². The van der Waals surface area contributed by atoms with Crippen molar-refractivity contribution in [3.63, 3.8) is 0 Å². The van der Waals surface area contributed by atoms with E-state index < -0.39 is 65.5 Å². The Morgan fingerprint density at radius 3 is 2.30 bits per heavy atom. The summed E-state index contributed by atoms with van der Waals surface area (Å²) in [5.74, 6) is -1.71. The fourth-order valence-corrected chi connectivity index (χ4v) is 5.60. The van der Waals surface area contributed by atoms with Gasteiger partial charge in [0.15, 0.2) is 6.10 Å². The lowest BCUT2D eigenvalue weighted by Crippen LogP contribution is -2.34. The van der Waals surface area contributed by atoms with E-state index in [1.165, 1.54) is 6.92 Å². The van der Waals surface area contributed by atoms with Crippen LogP contribution in [-0.2, 0) is 36.4 Å². The van der Waals surface area contributed by atoms with Crippen molar-refractivity contribution in [1.29, 1.82) is 0 Å². The van der Waals surface area contributed by atoms with E-state index in [9.17, 15) is 38.1 Å². The lowest BCUT2D eigenvalue weighted by Gasteiger charge is -2.20. The molecule has 0 aliphatic carbocycles. The average Bonchev–Trinajstić information content (AvgIpc) is 2.89. The highest BCUT2D eigenvalue weighted by Gasteiger charge is 2.48. The van der Waals surface area contributed by atoms with Gasteiger partial charge >= 0.3 is 35.1 Å². The first-order valence-corrected chi connectivity index (χ1v) is 12.0. The first-order valence-electron chi connectivity index (χ1n) is 7.52. The number of ether oxygens (including phenoxy) is 1. The maximum absolute atomic E-state index is 11.9. The minimum Gasteiger partial charge on any atom is -0.479 e. The first kappa shape index (κ1) is 24.8. The summed E-state index contributed by atoms with van der Waals surface area (Å²) in [6.45, 7) is 1.34. The molecule has 5 atom stereocenters. The molecule has 2 rings (SSSR count). The lowest BCUT2D eigenvalue weighted by atomic mass is 10.2. The summed E-state index contributed by atoms with van der Waals surface area (Å²) in [7, 11) is -17.1. The summed E-state index contributed by atoms with van der Waals surface area (Å²) < 4.78 is 51.4. The molecule has 2 unspecified atom stereocenters. The molecule has 20 heteroatoms. The summed E-state index contributed by atoms with van der Waals surface area (Å²) in [6, 6.07) is 0. The maximum atomic E-state index is 11.9. The second-order valence-corrected chi connectivity index (χ2v) is 10.2. The van der Waals surface area contributed by atoms with Crippen LogP contribution in [0.5, 0.6) is 0 Å². The third-order valence-corrected chi connectivity index (χ3v) is 7.32. The number of phosphoric ester groups is 1. The maximum Gasteiger partial charge on any atom is 0.490 e. The number of aromatic nitrogens is 2. The van der Waals surface area contributed by atoms with Gasteiger partial charge in [-0.1, -0.05) is 0 Å². The fourth-order valence-electron chi connectivity index (χ4n) is 2.40. The minimum atomic E-state index is -5.81. The summed E-state index contributed by atoms with van der Waals surface area (Å²) in [6.07, 6.45) is -4.74. The van der Waals surface area contributed by atoms with Gasteiger partial charge < -0.3 is 29.4 Å². The molecule has 1 aromatic heterocycles. The third kappa shape index (κ3) is 6.51. The van der Waals surface area contributed by atoms with Crippen LogP contribution in [0.3, 0.4) is 0 Å². The smallest absolute Gasteiger partial charge is 0.479 e. The third-order valence-electron chi connectivity index (χ3n) is 3.46. The van der Waals surface area contributed by atoms with Gasteiger partial charge in [-0.05, 0) is 6.92 Å². The summed E-state index contributed by atoms with van der Waals surface area (Å²) in [4.78, 5) is 72.3. The van der Waals surface area contributed by atoms with Gasteiger partial charge in [-0.2, -0.15) is 8.62 Å². The van der Waals surface area contributed by atoms with Crippen molar-refractivity contribution in [3.05, 3.63) is 32.6 Å². The van der Waals surface area contributed by atoms with Crippen LogP contribution in [0.4, 0.5) is 0 Å². The van der Waals surface area contributed by atoms with Gasteiger partial charge in [0.05, 0.1) is 0 Å². The number of carboxylic acid groups (broad SMARTS) is 1. The highest BCUT2D eigenvalue weighted by Crippen LogP contribution is 2.67. The van der Waals surface area contributed by atoms with Crippen LogP contribution in [0.2, 0.25) is 0 Å². The van der Waals surface area contributed by atoms with Crippen LogP contribution < -0.4 is 11.2 Å². The van der Waals surface area contributed by atoms with E-state index in [1.807, 2.05) is 4.98 Å². The van der Waals surface area contributed by atoms with Crippen LogP contribution in [-0.4, -0.2) is 52.4 Å². The van der Waals surface area contributed by atoms with Crippen molar-refractivity contribution >= 4 is 29.4 Å². The van der Waals surface area contributed by atoms with E-state index in [0.29, 0.717) is 0 Å². The van der Waals surface area contributed by atoms with Crippen molar-refractivity contribution < 1.29 is 61.1 Å². The van der Waals surface area contributed by atoms with E-state index in [2.05, 4.69) is 13.1 Å². The molecule has 1 fully saturated rings. The molecule has 170 valence electrons. The number of phosphoric acid groups is 3. The second kappa shape index (κ2) is 8.57. The highest BCUT2D eigenvalue weighted by atomic mass is 31.3. The largest absolute Gasteiger partial charge is 0.490 e. The van der Waals surface area contributed by atoms with Crippen molar-refractivity contribution in [2.24, 2.45) is 0 Å². The monoisotopic (exact) mass is 496 g/mol. The quantitative estimate of drug-likeness (QED) is 0.234. The predicted molar refractivity (Wildman–Crippen MR) is 91.0 cm³/mol. The fraction of sp³-hybridized carbons (Fsp3) is 0.500. The molecule has 0 amide bonds. The van der Waals surface area contributed by atoms with Crippen molar-refractivity contribution in [1.82, 2.24) is 9.55 Å². The summed E-state index contributed by atoms with van der Waals surface area (Å²) in [5.41, 5.74) is -1.64. The van der Waals surface area contributed by atoms with E-state index in [4.69, 9.17) is 19.4 Å². The number of hydrogen-bond donors (Lipinski definition) is 6. The van der Waals surface area contributed by atoms with Gasteiger partial charge in [0.2, 0.25) is 0 Å². The molecule has 0 saturated carbocycles. The number of hydrogen-bond acceptors (Lipinski definition) is 10. The van der Waals surface area contributed by atoms with Gasteiger partial charge in [0, 0.05) is 18.2 Å². The number of aromatic amines is 1. The zero-order chi connectivity index (χ0) is 23.1. The molecule has 2 heterocycles. The van der Waals surface area contributed by atoms with Gasteiger partial charge in [-0.25, -0.2) is 23.3 Å². The lowest BCUT2D eigenvalue weighted by molar-refractivity contribution is -0.154. The minimum absolute atomic E-state index is 0.0569. The number of carboxylic acids is 1. The molecule has 1 aromatic rings. The summed E-state index contributed by atoms with van der Waals surface area (Å²) >= 11 is 0. The Morgan fingerprint density at radius 2 is 1.77 bits per heavy atom. The molecule has 1 aliphatic rings. The topological polar surface area (TPSA) is 261 Å². The number of aryl methyl sites for hydroxylation is 1. The molecule has 0 spiro atoms. The van der Waals surface area contributed by atoms with E-state index in [1.54, 1.807) is 0 Å². The van der Waals surface area contributed by atoms with E-state index in [0.717, 1.165) is 10.8 Å². The molecule has 30 heavy (non-hydrogen) atoms. The van der Waals surface area contributed by atoms with E-state index in [-0.39, 0.29) is 5.56 Å². The number of rotatable bonds is 8. The Morgan fingerprint density at radius 1 is 1.17 bits per heavy atom. The average molecular weight is 496 g/mol. The van der Waals surface area contributed by atoms with Crippen molar-refractivity contribution in [2.75, 3.05) is 0 Å². The molecular formula is C10H15N2O15P3. The molecular weight excluding hydrogens is 481 g/mol. The molecule has 6 N–H and O–H groups in total. The zero-order valence-corrected chi connectivity index (χ0v) is 17.3. The number of aliphatic carboxylic acids is 1. The Labute approximate surface area is 165 Å². The highest BCUT2D eigenvalue weighted by molar-refractivity contribution is 7.66. The molecule has 1 aliphatic heterocycles. The zero-order valence-electron chi connectivity index (χ0n) is 14.6. The molecule has 0 radical (unpaired) electrons. The predicted octanol–water partition coefficient (Wildman–Crippen LogP) is -1.07. The normalized spacial score (nSPS) is 26.1. The molecule has 0 aromatic carbocycles. The number of nitrogens with zero attached hydrogens (tertiary/aromatic N) is 1.